The van der Waals surface area contributed by atoms with Gasteiger partial charge >= 0.3 is 5.97 Å². The van der Waals surface area contributed by atoms with E-state index in [1.165, 1.54) is 5.56 Å². The molecule has 0 unspecified atom stereocenters. The number of para-hydroxylation sites is 1. The zero-order chi connectivity index (χ0) is 23.5. The zero-order valence-corrected chi connectivity index (χ0v) is 19.2. The Morgan fingerprint density at radius 1 is 1.24 bits per heavy atom. The lowest BCUT2D eigenvalue weighted by molar-refractivity contribution is -0.138. The van der Waals surface area contributed by atoms with Crippen molar-refractivity contribution in [3.05, 3.63) is 65.5 Å². The lowest BCUT2D eigenvalue weighted by Crippen LogP contribution is -2.31. The molecule has 1 aromatic carbocycles. The van der Waals surface area contributed by atoms with E-state index < -0.39 is 5.97 Å². The Kier molecular flexibility index (Phi) is 6.43. The summed E-state index contributed by atoms with van der Waals surface area (Å²) in [5.41, 5.74) is 4.01. The maximum absolute atomic E-state index is 13.3. The van der Waals surface area contributed by atoms with Crippen molar-refractivity contribution < 1.29 is 14.7 Å². The molecule has 1 saturated heterocycles. The summed E-state index contributed by atoms with van der Waals surface area (Å²) in [6.45, 7) is 2.30. The van der Waals surface area contributed by atoms with Gasteiger partial charge in [-0.25, -0.2) is 4.98 Å². The van der Waals surface area contributed by atoms with Crippen molar-refractivity contribution in [1.82, 2.24) is 14.9 Å². The van der Waals surface area contributed by atoms with E-state index in [0.29, 0.717) is 19.5 Å². The number of amides is 1. The molecule has 2 aliphatic rings. The molecule has 0 radical (unpaired) electrons. The summed E-state index contributed by atoms with van der Waals surface area (Å²) in [5.74, 6) is -0.539. The number of rotatable bonds is 8. The minimum atomic E-state index is -0.892. The fraction of sp³-hybridized carbons (Fsp3) is 0.407. The Hall–Kier alpha value is -3.48. The van der Waals surface area contributed by atoms with Crippen LogP contribution in [0.25, 0.3) is 10.9 Å². The van der Waals surface area contributed by atoms with Crippen molar-refractivity contribution in [1.29, 1.82) is 0 Å². The molecule has 7 nitrogen and oxygen atoms in total. The minimum absolute atomic E-state index is 0.0551. The summed E-state index contributed by atoms with van der Waals surface area (Å²) in [6.07, 6.45) is 6.21. The number of aliphatic carboxylic acids is 1. The molecule has 3 aromatic rings. The predicted molar refractivity (Wildman–Crippen MR) is 131 cm³/mol. The number of likely N-dealkylation sites (tertiary alicyclic amines) is 1. The lowest BCUT2D eigenvalue weighted by Gasteiger charge is -2.23. The Labute approximate surface area is 199 Å². The van der Waals surface area contributed by atoms with E-state index in [4.69, 9.17) is 4.98 Å². The first-order chi connectivity index (χ1) is 16.6. The Balaban J connectivity index is 1.24. The van der Waals surface area contributed by atoms with E-state index in [1.54, 1.807) is 6.20 Å². The standard InChI is InChI=1S/C27H30N4O3/c32-25(33)16-23(20-15-19-5-1-2-8-24(19)29-17-20)22-11-14-31(27(22)34)13-4-7-21-10-9-18-6-3-12-28-26(18)30-21/h1-2,5,8-10,15,17,22-23H,3-4,6-7,11-14,16H2,(H,28,30)(H,32,33)/t22-,23+/m1/s1. The number of benzene rings is 1. The highest BCUT2D eigenvalue weighted by molar-refractivity contribution is 5.84. The number of carboxylic acids is 1. The number of fused-ring (bicyclic) bond motifs is 2. The topological polar surface area (TPSA) is 95.4 Å². The van der Waals surface area contributed by atoms with Crippen molar-refractivity contribution in [3.8, 4) is 0 Å². The molecule has 2 aromatic heterocycles. The third-order valence-corrected chi connectivity index (χ3v) is 7.07. The fourth-order valence-electron chi connectivity index (χ4n) is 5.29. The van der Waals surface area contributed by atoms with Crippen LogP contribution in [-0.4, -0.2) is 51.5 Å². The predicted octanol–water partition coefficient (Wildman–Crippen LogP) is 4.03. The van der Waals surface area contributed by atoms with Crippen molar-refractivity contribution in [2.75, 3.05) is 25.0 Å². The first-order valence-electron chi connectivity index (χ1n) is 12.2. The van der Waals surface area contributed by atoms with Crippen LogP contribution >= 0.6 is 0 Å². The molecule has 1 fully saturated rings. The van der Waals surface area contributed by atoms with Crippen molar-refractivity contribution in [2.24, 2.45) is 5.92 Å². The summed E-state index contributed by atoms with van der Waals surface area (Å²) in [4.78, 5) is 36.1. The summed E-state index contributed by atoms with van der Waals surface area (Å²) < 4.78 is 0. The van der Waals surface area contributed by atoms with Gasteiger partial charge in [0.05, 0.1) is 11.9 Å². The molecular formula is C27H30N4O3. The van der Waals surface area contributed by atoms with Gasteiger partial charge in [-0.1, -0.05) is 24.3 Å². The first kappa shape index (κ1) is 22.3. The molecule has 5 rings (SSSR count). The van der Waals surface area contributed by atoms with Gasteiger partial charge in [0, 0.05) is 48.7 Å². The van der Waals surface area contributed by atoms with Gasteiger partial charge in [0.15, 0.2) is 0 Å². The van der Waals surface area contributed by atoms with Gasteiger partial charge in [0.2, 0.25) is 5.91 Å². The Bertz CT molecular complexity index is 1210. The van der Waals surface area contributed by atoms with Crippen molar-refractivity contribution in [3.63, 3.8) is 0 Å². The largest absolute Gasteiger partial charge is 0.481 e. The Morgan fingerprint density at radius 3 is 3.00 bits per heavy atom. The van der Waals surface area contributed by atoms with Crippen LogP contribution < -0.4 is 5.32 Å². The van der Waals surface area contributed by atoms with Crippen LogP contribution in [0.5, 0.6) is 0 Å². The average molecular weight is 459 g/mol. The average Bonchev–Trinajstić information content (AvgIpc) is 3.22. The second kappa shape index (κ2) is 9.79. The third kappa shape index (κ3) is 4.74. The maximum atomic E-state index is 13.3. The summed E-state index contributed by atoms with van der Waals surface area (Å²) in [5, 5.41) is 13.9. The van der Waals surface area contributed by atoms with Crippen LogP contribution in [0.15, 0.2) is 48.7 Å². The SMILES string of the molecule is O=C(O)C[C@@H](c1cnc2ccccc2c1)[C@H]1CCN(CCCc2ccc3c(n2)NCCC3)C1=O. The summed E-state index contributed by atoms with van der Waals surface area (Å²) in [6, 6.07) is 14.0. The molecule has 2 atom stereocenters. The molecular weight excluding hydrogens is 428 g/mol. The van der Waals surface area contributed by atoms with Gasteiger partial charge in [0.25, 0.3) is 0 Å². The van der Waals surface area contributed by atoms with Crippen LogP contribution in [0.3, 0.4) is 0 Å². The number of anilines is 1. The van der Waals surface area contributed by atoms with Crippen LogP contribution in [0.4, 0.5) is 5.82 Å². The maximum Gasteiger partial charge on any atom is 0.303 e. The van der Waals surface area contributed by atoms with Gasteiger partial charge in [-0.15, -0.1) is 0 Å². The number of hydrogen-bond acceptors (Lipinski definition) is 5. The first-order valence-corrected chi connectivity index (χ1v) is 12.2. The number of aromatic nitrogens is 2. The fourth-order valence-corrected chi connectivity index (χ4v) is 5.29. The molecule has 4 heterocycles. The quantitative estimate of drug-likeness (QED) is 0.529. The smallest absolute Gasteiger partial charge is 0.303 e. The van der Waals surface area contributed by atoms with E-state index in [2.05, 4.69) is 22.4 Å². The third-order valence-electron chi connectivity index (χ3n) is 7.07. The minimum Gasteiger partial charge on any atom is -0.481 e. The number of pyridine rings is 2. The van der Waals surface area contributed by atoms with Crippen LogP contribution in [-0.2, 0) is 22.4 Å². The van der Waals surface area contributed by atoms with E-state index in [9.17, 15) is 14.7 Å². The van der Waals surface area contributed by atoms with Crippen LogP contribution in [0.1, 0.15) is 48.4 Å². The number of carbonyl (C=O) groups excluding carboxylic acids is 1. The summed E-state index contributed by atoms with van der Waals surface area (Å²) >= 11 is 0. The van der Waals surface area contributed by atoms with Crippen LogP contribution in [0, 0.1) is 5.92 Å². The number of nitrogens with zero attached hydrogens (tertiary/aromatic N) is 3. The van der Waals surface area contributed by atoms with E-state index in [-0.39, 0.29) is 24.2 Å². The molecule has 1 amide bonds. The molecule has 2 N–H and O–H groups in total. The molecule has 0 spiro atoms. The molecule has 34 heavy (non-hydrogen) atoms. The van der Waals surface area contributed by atoms with Gasteiger partial charge in [-0.3, -0.25) is 14.6 Å². The van der Waals surface area contributed by atoms with Crippen LogP contribution in [0.2, 0.25) is 0 Å². The number of carboxylic acid groups (broad SMARTS) is 1. The monoisotopic (exact) mass is 458 g/mol. The molecule has 0 aliphatic carbocycles. The van der Waals surface area contributed by atoms with Crippen molar-refractivity contribution in [2.45, 2.75) is 44.4 Å². The highest BCUT2D eigenvalue weighted by Gasteiger charge is 2.38. The second-order valence-electron chi connectivity index (χ2n) is 9.33. The van der Waals surface area contributed by atoms with Gasteiger partial charge in [-0.05, 0) is 61.4 Å². The van der Waals surface area contributed by atoms with E-state index >= 15 is 0 Å². The summed E-state index contributed by atoms with van der Waals surface area (Å²) in [7, 11) is 0. The van der Waals surface area contributed by atoms with Gasteiger partial charge in [-0.2, -0.15) is 0 Å². The molecule has 2 aliphatic heterocycles. The second-order valence-corrected chi connectivity index (χ2v) is 9.33. The van der Waals surface area contributed by atoms with E-state index in [1.807, 2.05) is 35.2 Å². The number of aryl methyl sites for hydroxylation is 2. The highest BCUT2D eigenvalue weighted by Crippen LogP contribution is 2.36. The lowest BCUT2D eigenvalue weighted by atomic mass is 9.83. The van der Waals surface area contributed by atoms with Gasteiger partial charge < -0.3 is 15.3 Å². The number of carbonyl (C=O) groups is 2. The van der Waals surface area contributed by atoms with Gasteiger partial charge in [0.1, 0.15) is 5.82 Å². The molecule has 7 heteroatoms. The van der Waals surface area contributed by atoms with Crippen molar-refractivity contribution >= 4 is 28.6 Å². The normalized spacial score (nSPS) is 18.5. The number of nitrogens with one attached hydrogen (secondary N) is 1. The zero-order valence-electron chi connectivity index (χ0n) is 19.2. The molecule has 0 bridgehead atoms. The molecule has 0 saturated carbocycles. The highest BCUT2D eigenvalue weighted by atomic mass is 16.4. The van der Waals surface area contributed by atoms with E-state index in [0.717, 1.165) is 60.2 Å². The molecule has 176 valence electrons. The Morgan fingerprint density at radius 2 is 2.12 bits per heavy atom. The number of hydrogen-bond donors (Lipinski definition) is 2.